The lowest BCUT2D eigenvalue weighted by molar-refractivity contribution is -0.145. The van der Waals surface area contributed by atoms with Gasteiger partial charge in [0.15, 0.2) is 13.2 Å². The van der Waals surface area contributed by atoms with Crippen LogP contribution < -0.4 is 20.5 Å². The van der Waals surface area contributed by atoms with Gasteiger partial charge in [0.25, 0.3) is 5.91 Å². The quantitative estimate of drug-likeness (QED) is 0.539. The highest BCUT2D eigenvalue weighted by atomic mass is 16.6. The standard InChI is InChI=1S/C19H19N3O5/c1-2-25-19(24)12-27-15-7-8-17(16(21)9-15)22-18(23)11-26-14-5-3-13(10-20)4-6-14/h3-9H,2,11-12,21H2,1H3,(H,22,23). The lowest BCUT2D eigenvalue weighted by atomic mass is 10.2. The van der Waals surface area contributed by atoms with Crippen molar-refractivity contribution in [1.82, 2.24) is 0 Å². The second-order valence-electron chi connectivity index (χ2n) is 5.32. The fourth-order valence-electron chi connectivity index (χ4n) is 2.05. The number of esters is 1. The van der Waals surface area contributed by atoms with Crippen LogP contribution in [0.2, 0.25) is 0 Å². The molecule has 0 aliphatic heterocycles. The van der Waals surface area contributed by atoms with Gasteiger partial charge in [-0.15, -0.1) is 0 Å². The number of nitrogens with one attached hydrogen (secondary N) is 1. The fourth-order valence-corrected chi connectivity index (χ4v) is 2.05. The summed E-state index contributed by atoms with van der Waals surface area (Å²) in [4.78, 5) is 23.3. The maximum absolute atomic E-state index is 12.0. The Morgan fingerprint density at radius 3 is 2.37 bits per heavy atom. The molecule has 0 fully saturated rings. The summed E-state index contributed by atoms with van der Waals surface area (Å²) in [5.41, 5.74) is 7.07. The van der Waals surface area contributed by atoms with Crippen LogP contribution in [0.5, 0.6) is 11.5 Å². The summed E-state index contributed by atoms with van der Waals surface area (Å²) in [6.07, 6.45) is 0. The number of nitrogens with zero attached hydrogens (tertiary/aromatic N) is 1. The van der Waals surface area contributed by atoms with Gasteiger partial charge >= 0.3 is 5.97 Å². The maximum atomic E-state index is 12.0. The Morgan fingerprint density at radius 2 is 1.74 bits per heavy atom. The molecular formula is C19H19N3O5. The number of hydrogen-bond acceptors (Lipinski definition) is 7. The predicted octanol–water partition coefficient (Wildman–Crippen LogP) is 2.10. The van der Waals surface area contributed by atoms with Gasteiger partial charge in [0.2, 0.25) is 0 Å². The summed E-state index contributed by atoms with van der Waals surface area (Å²) in [6.45, 7) is 1.54. The van der Waals surface area contributed by atoms with Crippen LogP contribution in [0, 0.1) is 11.3 Å². The third-order valence-corrected chi connectivity index (χ3v) is 3.31. The number of hydrogen-bond donors (Lipinski definition) is 2. The zero-order valence-corrected chi connectivity index (χ0v) is 14.7. The molecule has 0 aliphatic carbocycles. The van der Waals surface area contributed by atoms with Gasteiger partial charge in [-0.25, -0.2) is 4.79 Å². The van der Waals surface area contributed by atoms with Gasteiger partial charge < -0.3 is 25.3 Å². The normalized spacial score (nSPS) is 9.78. The zero-order chi connectivity index (χ0) is 19.6. The number of nitrogen functional groups attached to an aromatic ring is 1. The predicted molar refractivity (Wildman–Crippen MR) is 98.3 cm³/mol. The first-order valence-corrected chi connectivity index (χ1v) is 8.12. The molecule has 0 unspecified atom stereocenters. The molecule has 140 valence electrons. The van der Waals surface area contributed by atoms with Gasteiger partial charge in [0.05, 0.1) is 29.6 Å². The topological polar surface area (TPSA) is 124 Å². The molecule has 8 nitrogen and oxygen atoms in total. The van der Waals surface area contributed by atoms with E-state index in [0.717, 1.165) is 0 Å². The lowest BCUT2D eigenvalue weighted by Gasteiger charge is -2.11. The Labute approximate surface area is 156 Å². The SMILES string of the molecule is CCOC(=O)COc1ccc(NC(=O)COc2ccc(C#N)cc2)c(N)c1. The molecule has 8 heteroatoms. The number of carbonyl (C=O) groups excluding carboxylic acids is 2. The van der Waals surface area contributed by atoms with Crippen molar-refractivity contribution < 1.29 is 23.8 Å². The summed E-state index contributed by atoms with van der Waals surface area (Å²) in [5, 5.41) is 11.4. The molecule has 2 aromatic rings. The molecule has 0 saturated carbocycles. The van der Waals surface area contributed by atoms with E-state index >= 15 is 0 Å². The zero-order valence-electron chi connectivity index (χ0n) is 14.7. The molecule has 2 rings (SSSR count). The number of amides is 1. The Hall–Kier alpha value is -3.73. The summed E-state index contributed by atoms with van der Waals surface area (Å²) in [7, 11) is 0. The minimum atomic E-state index is -0.478. The molecule has 0 radical (unpaired) electrons. The highest BCUT2D eigenvalue weighted by molar-refractivity contribution is 5.95. The highest BCUT2D eigenvalue weighted by Crippen LogP contribution is 2.24. The fraction of sp³-hybridized carbons (Fsp3) is 0.211. The van der Waals surface area contributed by atoms with Crippen molar-refractivity contribution in [3.8, 4) is 17.6 Å². The lowest BCUT2D eigenvalue weighted by Crippen LogP contribution is -2.21. The molecule has 1 amide bonds. The molecule has 2 aromatic carbocycles. The molecule has 0 heterocycles. The smallest absolute Gasteiger partial charge is 0.344 e. The van der Waals surface area contributed by atoms with Crippen molar-refractivity contribution in [2.24, 2.45) is 0 Å². The Morgan fingerprint density at radius 1 is 1.07 bits per heavy atom. The molecule has 0 aliphatic rings. The van der Waals surface area contributed by atoms with Crippen LogP contribution in [0.4, 0.5) is 11.4 Å². The largest absolute Gasteiger partial charge is 0.484 e. The molecule has 3 N–H and O–H groups in total. The van der Waals surface area contributed by atoms with Crippen LogP contribution in [0.3, 0.4) is 0 Å². The monoisotopic (exact) mass is 369 g/mol. The van der Waals surface area contributed by atoms with Crippen LogP contribution in [-0.4, -0.2) is 31.7 Å². The summed E-state index contributed by atoms with van der Waals surface area (Å²) in [5.74, 6) is -0.0214. The van der Waals surface area contributed by atoms with E-state index in [1.165, 1.54) is 6.07 Å². The van der Waals surface area contributed by atoms with Gasteiger partial charge in [-0.3, -0.25) is 4.79 Å². The molecule has 0 bridgehead atoms. The van der Waals surface area contributed by atoms with E-state index in [1.807, 2.05) is 6.07 Å². The summed E-state index contributed by atoms with van der Waals surface area (Å²) >= 11 is 0. The van der Waals surface area contributed by atoms with Gasteiger partial charge in [0, 0.05) is 6.07 Å². The maximum Gasteiger partial charge on any atom is 0.344 e. The Kier molecular flexibility index (Phi) is 7.02. The van der Waals surface area contributed by atoms with E-state index in [1.54, 1.807) is 43.3 Å². The molecule has 0 saturated heterocycles. The second kappa shape index (κ2) is 9.68. The van der Waals surface area contributed by atoms with E-state index in [9.17, 15) is 9.59 Å². The van der Waals surface area contributed by atoms with Gasteiger partial charge in [-0.2, -0.15) is 5.26 Å². The second-order valence-corrected chi connectivity index (χ2v) is 5.32. The summed E-state index contributed by atoms with van der Waals surface area (Å²) in [6, 6.07) is 13.0. The average Bonchev–Trinajstić information content (AvgIpc) is 2.67. The van der Waals surface area contributed by atoms with Crippen molar-refractivity contribution in [3.05, 3.63) is 48.0 Å². The first-order chi connectivity index (χ1) is 13.0. The van der Waals surface area contributed by atoms with Crippen molar-refractivity contribution >= 4 is 23.3 Å². The van der Waals surface area contributed by atoms with Crippen LogP contribution in [0.25, 0.3) is 0 Å². The molecule has 0 spiro atoms. The van der Waals surface area contributed by atoms with Crippen molar-refractivity contribution in [2.45, 2.75) is 6.92 Å². The van der Waals surface area contributed by atoms with Crippen molar-refractivity contribution in [2.75, 3.05) is 30.9 Å². The Balaban J connectivity index is 1.85. The number of nitriles is 1. The number of anilines is 2. The number of benzene rings is 2. The third-order valence-electron chi connectivity index (χ3n) is 3.31. The molecule has 0 atom stereocenters. The van der Waals surface area contributed by atoms with Gasteiger partial charge in [-0.05, 0) is 43.3 Å². The van der Waals surface area contributed by atoms with Crippen molar-refractivity contribution in [3.63, 3.8) is 0 Å². The summed E-state index contributed by atoms with van der Waals surface area (Å²) < 4.78 is 15.4. The number of ether oxygens (including phenoxy) is 3. The van der Waals surface area contributed by atoms with E-state index in [0.29, 0.717) is 22.7 Å². The Bertz CT molecular complexity index is 843. The van der Waals surface area contributed by atoms with Crippen molar-refractivity contribution in [1.29, 1.82) is 5.26 Å². The minimum absolute atomic E-state index is 0.216. The highest BCUT2D eigenvalue weighted by Gasteiger charge is 2.09. The van der Waals surface area contributed by atoms with Gasteiger partial charge in [-0.1, -0.05) is 0 Å². The third kappa shape index (κ3) is 6.25. The molecular weight excluding hydrogens is 350 g/mol. The molecule has 0 aromatic heterocycles. The van der Waals surface area contributed by atoms with E-state index in [-0.39, 0.29) is 25.5 Å². The first-order valence-electron chi connectivity index (χ1n) is 8.12. The number of rotatable bonds is 8. The molecule has 27 heavy (non-hydrogen) atoms. The number of nitrogens with two attached hydrogens (primary N) is 1. The van der Waals surface area contributed by atoms with Crippen LogP contribution in [0.15, 0.2) is 42.5 Å². The van der Waals surface area contributed by atoms with Crippen LogP contribution in [0.1, 0.15) is 12.5 Å². The van der Waals surface area contributed by atoms with E-state index in [4.69, 9.17) is 25.2 Å². The van der Waals surface area contributed by atoms with E-state index < -0.39 is 11.9 Å². The van der Waals surface area contributed by atoms with Crippen LogP contribution >= 0.6 is 0 Å². The first kappa shape index (κ1) is 19.6. The van der Waals surface area contributed by atoms with Crippen LogP contribution in [-0.2, 0) is 14.3 Å². The van der Waals surface area contributed by atoms with Gasteiger partial charge in [0.1, 0.15) is 11.5 Å². The number of carbonyl (C=O) groups is 2. The average molecular weight is 369 g/mol. The van der Waals surface area contributed by atoms with E-state index in [2.05, 4.69) is 5.32 Å². The minimum Gasteiger partial charge on any atom is -0.484 e.